The molecule has 0 aromatic carbocycles. The zero-order valence-electron chi connectivity index (χ0n) is 25.0. The van der Waals surface area contributed by atoms with Crippen LogP contribution in [-0.2, 0) is 56.7 Å². The molecule has 0 radical (unpaired) electrons. The van der Waals surface area contributed by atoms with Gasteiger partial charge in [-0.25, -0.2) is 16.8 Å². The van der Waals surface area contributed by atoms with Gasteiger partial charge in [-0.2, -0.15) is 0 Å². The molecule has 0 aliphatic rings. The van der Waals surface area contributed by atoms with E-state index in [1.807, 2.05) is 10.6 Å². The van der Waals surface area contributed by atoms with Gasteiger partial charge in [0.2, 0.25) is 23.6 Å². The van der Waals surface area contributed by atoms with Gasteiger partial charge in [0.1, 0.15) is 55.6 Å². The average Bonchev–Trinajstić information content (AvgIpc) is 2.95. The Hall–Kier alpha value is -2.23. The van der Waals surface area contributed by atoms with Crippen LogP contribution in [0.5, 0.6) is 0 Å². The Bertz CT molecular complexity index is 1300. The Kier molecular flexibility index (Phi) is 26.8. The fourth-order valence-electron chi connectivity index (χ4n) is 2.59. The Morgan fingerprint density at radius 1 is 0.612 bits per heavy atom. The normalized spacial score (nSPS) is 13.3. The molecule has 12 N–H and O–H groups in total. The van der Waals surface area contributed by atoms with E-state index in [1.54, 1.807) is 0 Å². The molecule has 0 saturated carbocycles. The summed E-state index contributed by atoms with van der Waals surface area (Å²) in [7, 11) is -9.77. The number of rotatable bonds is 22. The van der Waals surface area contributed by atoms with Crippen molar-refractivity contribution in [3.05, 3.63) is 0 Å². The van der Waals surface area contributed by atoms with Crippen molar-refractivity contribution in [1.82, 2.24) is 21.3 Å². The Morgan fingerprint density at radius 2 is 0.898 bits per heavy atom. The molecule has 0 aliphatic carbocycles. The minimum atomic E-state index is -4.74. The van der Waals surface area contributed by atoms with Gasteiger partial charge in [0.05, 0.1) is 0 Å². The Balaban J connectivity index is -0.000000846. The minimum absolute atomic E-state index is 0. The first-order chi connectivity index (χ1) is 21.8. The molecular weight excluding hydrogens is 878 g/mol. The van der Waals surface area contributed by atoms with Gasteiger partial charge in [-0.05, 0) is 34.4 Å². The molecule has 0 bridgehead atoms. The van der Waals surface area contributed by atoms with Crippen molar-refractivity contribution in [2.24, 2.45) is 11.5 Å². The third-order valence-electron chi connectivity index (χ3n) is 4.89. The molecule has 0 fully saturated rings. The van der Waals surface area contributed by atoms with Gasteiger partial charge < -0.3 is 62.3 Å². The van der Waals surface area contributed by atoms with Crippen LogP contribution in [0.4, 0.5) is 0 Å². The van der Waals surface area contributed by atoms with Gasteiger partial charge >= 0.3 is 72.8 Å². The van der Waals surface area contributed by atoms with E-state index in [9.17, 15) is 64.3 Å². The van der Waals surface area contributed by atoms with Gasteiger partial charge in [-0.1, -0.05) is 0 Å². The van der Waals surface area contributed by atoms with Crippen molar-refractivity contribution < 1.29 is 84.7 Å². The fraction of sp³-hybridized carbons (Fsp3) is 0.600. The zero-order chi connectivity index (χ0) is 37.8. The summed E-state index contributed by atoms with van der Waals surface area (Å²) >= 11 is 0. The zero-order valence-corrected chi connectivity index (χ0v) is 32.7. The van der Waals surface area contributed by atoms with Crippen molar-refractivity contribution in [3.8, 4) is 0 Å². The molecule has 276 valence electrons. The van der Waals surface area contributed by atoms with Crippen LogP contribution in [0.2, 0.25) is 0 Å². The number of carbonyl (C=O) groups excluding carboxylic acids is 4. The van der Waals surface area contributed by atoms with Crippen LogP contribution < -0.4 is 32.7 Å². The maximum absolute atomic E-state index is 11.7. The second kappa shape index (κ2) is 25.7. The van der Waals surface area contributed by atoms with Crippen LogP contribution in [-0.4, -0.2) is 192 Å². The summed E-state index contributed by atoms with van der Waals surface area (Å²) in [4.78, 5) is 88.6. The van der Waals surface area contributed by atoms with Gasteiger partial charge in [0.15, 0.2) is 0 Å². The number of carboxylic acids is 4. The van der Waals surface area contributed by atoms with Gasteiger partial charge in [0, 0.05) is 24.3 Å². The number of hydrogen-bond acceptors (Lipinski definition) is 18. The summed E-state index contributed by atoms with van der Waals surface area (Å²) in [5.41, 5.74) is 10.4. The predicted octanol–water partition coefficient (Wildman–Crippen LogP) is -6.27. The quantitative estimate of drug-likeness (QED) is 0.0274. The molecule has 0 heterocycles. The van der Waals surface area contributed by atoms with Crippen LogP contribution in [0, 0.1) is 0 Å². The van der Waals surface area contributed by atoms with E-state index in [-0.39, 0.29) is 96.2 Å². The molecule has 49 heavy (non-hydrogen) atoms. The number of nitrogens with one attached hydrogen (secondary N) is 4. The van der Waals surface area contributed by atoms with Crippen LogP contribution in [0.1, 0.15) is 25.7 Å². The molecule has 29 heteroatoms. The van der Waals surface area contributed by atoms with Crippen LogP contribution >= 0.6 is 21.6 Å². The number of carboxylic acid groups (broad SMARTS) is 4. The fourth-order valence-corrected chi connectivity index (χ4v) is 5.48. The molecule has 0 aromatic heterocycles. The number of carbonyl (C=O) groups is 8. The number of nitrogens with two attached hydrogens (primary N) is 2. The predicted molar refractivity (Wildman–Crippen MR) is 165 cm³/mol. The van der Waals surface area contributed by atoms with Crippen molar-refractivity contribution in [1.29, 1.82) is 0 Å². The maximum Gasteiger partial charge on any atom is 2.00 e. The first kappa shape index (κ1) is 51.1. The molecule has 4 atom stereocenters. The van der Waals surface area contributed by atoms with Crippen molar-refractivity contribution >= 4 is 136 Å². The largest absolute Gasteiger partial charge is 2.00 e. The van der Waals surface area contributed by atoms with Gasteiger partial charge in [-0.3, -0.25) is 38.4 Å². The second-order valence-electron chi connectivity index (χ2n) is 8.82. The van der Waals surface area contributed by atoms with E-state index in [0.717, 1.165) is 0 Å². The van der Waals surface area contributed by atoms with E-state index >= 15 is 0 Å². The monoisotopic (exact) mass is 910 g/mol. The first-order valence-electron chi connectivity index (χ1n) is 12.6. The van der Waals surface area contributed by atoms with Crippen LogP contribution in [0.15, 0.2) is 0 Å². The van der Waals surface area contributed by atoms with Crippen LogP contribution in [0.3, 0.4) is 0 Å². The Labute approximate surface area is 325 Å². The third-order valence-corrected chi connectivity index (χ3v) is 8.95. The number of aliphatic carboxylic acids is 4. The van der Waals surface area contributed by atoms with E-state index in [0.29, 0.717) is 0 Å². The number of amides is 4. The third kappa shape index (κ3) is 30.3. The standard InChI is InChI=1S/2C10H17N3O9S2.Ba/c2*11-5(10(18)19)1-2-7(14)13-6(4-23-24(20,21)22)9(17)12-3-8(15)16;/h2*5-6H,1-4,11H2,(H,12,17)(H,13,14)(H,15,16)(H,18,19)(H,20,21,22);/q;;+2/p-2/t2*5-,6-;/m00./s1. The summed E-state index contributed by atoms with van der Waals surface area (Å²) in [5.74, 6) is -10.3. The van der Waals surface area contributed by atoms with E-state index < -0.39 is 115 Å². The smallest absolute Gasteiger partial charge is 0.739 e. The summed E-state index contributed by atoms with van der Waals surface area (Å²) < 4.78 is 63.5. The Morgan fingerprint density at radius 3 is 1.12 bits per heavy atom. The molecule has 0 aliphatic heterocycles. The molecular formula is C20H32BaN6O18S4. The van der Waals surface area contributed by atoms with Crippen molar-refractivity contribution in [3.63, 3.8) is 0 Å². The average molecular weight is 910 g/mol. The van der Waals surface area contributed by atoms with Crippen molar-refractivity contribution in [2.45, 2.75) is 49.9 Å². The minimum Gasteiger partial charge on any atom is -0.739 e. The number of hydrogen-bond donors (Lipinski definition) is 10. The topological polar surface area (TPSA) is 432 Å². The van der Waals surface area contributed by atoms with Crippen molar-refractivity contribution in [2.75, 3.05) is 24.6 Å². The summed E-state index contributed by atoms with van der Waals surface area (Å²) in [5, 5.41) is 42.1. The van der Waals surface area contributed by atoms with E-state index in [2.05, 4.69) is 10.6 Å². The molecule has 0 rings (SSSR count). The van der Waals surface area contributed by atoms with Gasteiger partial charge in [-0.15, -0.1) is 0 Å². The van der Waals surface area contributed by atoms with Crippen LogP contribution in [0.25, 0.3) is 0 Å². The molecule has 24 nitrogen and oxygen atoms in total. The van der Waals surface area contributed by atoms with E-state index in [1.165, 1.54) is 0 Å². The molecule has 0 aromatic rings. The summed E-state index contributed by atoms with van der Waals surface area (Å²) in [6.07, 6.45) is -1.22. The van der Waals surface area contributed by atoms with E-state index in [4.69, 9.17) is 31.9 Å². The molecule has 0 spiro atoms. The van der Waals surface area contributed by atoms with Gasteiger partial charge in [0.25, 0.3) is 0 Å². The second-order valence-corrected chi connectivity index (χ2v) is 15.5. The summed E-state index contributed by atoms with van der Waals surface area (Å²) in [6, 6.07) is -5.59. The molecule has 4 amide bonds. The summed E-state index contributed by atoms with van der Waals surface area (Å²) in [6.45, 7) is -1.55. The molecule has 0 unspecified atom stereocenters. The molecule has 0 saturated heterocycles. The SMILES string of the molecule is N[C@@H](CCC(=O)N[C@@H](CSS(=O)(=O)[O-])C(=O)NCC(=O)O)C(=O)O.N[C@@H](CCC(=O)N[C@@H](CSS(=O)(=O)[O-])C(=O)NCC(=O)O)C(=O)O.[Ba+2]. The first-order valence-corrected chi connectivity index (χ1v) is 18.4. The maximum atomic E-state index is 11.7.